The number of imidazole rings is 1. The molecule has 2 aromatic carbocycles. The third kappa shape index (κ3) is 3.65. The van der Waals surface area contributed by atoms with Gasteiger partial charge in [0.25, 0.3) is 5.91 Å². The normalized spacial score (nSPS) is 20.7. The van der Waals surface area contributed by atoms with Gasteiger partial charge in [0, 0.05) is 13.1 Å². The number of H-pyrrole nitrogens is 1. The highest BCUT2D eigenvalue weighted by Crippen LogP contribution is 2.33. The predicted molar refractivity (Wildman–Crippen MR) is 119 cm³/mol. The first-order chi connectivity index (χ1) is 15.1. The van der Waals surface area contributed by atoms with Gasteiger partial charge in [0.2, 0.25) is 0 Å². The lowest BCUT2D eigenvalue weighted by Crippen LogP contribution is -2.64. The van der Waals surface area contributed by atoms with E-state index < -0.39 is 12.2 Å². The van der Waals surface area contributed by atoms with Crippen LogP contribution in [0.1, 0.15) is 18.9 Å². The van der Waals surface area contributed by atoms with E-state index in [4.69, 9.17) is 4.99 Å². The summed E-state index contributed by atoms with van der Waals surface area (Å²) in [6, 6.07) is 16.8. The van der Waals surface area contributed by atoms with Gasteiger partial charge in [-0.15, -0.1) is 0 Å². The molecule has 1 fully saturated rings. The van der Waals surface area contributed by atoms with E-state index in [1.807, 2.05) is 66.4 Å². The highest BCUT2D eigenvalue weighted by Gasteiger charge is 2.49. The van der Waals surface area contributed by atoms with Gasteiger partial charge in [-0.25, -0.2) is 14.8 Å². The first kappa shape index (κ1) is 19.6. The van der Waals surface area contributed by atoms with E-state index >= 15 is 0 Å². The summed E-state index contributed by atoms with van der Waals surface area (Å²) in [5, 5.41) is 3.88. The lowest BCUT2D eigenvalue weighted by atomic mass is 10.1. The zero-order chi connectivity index (χ0) is 21.4. The second-order valence-corrected chi connectivity index (χ2v) is 8.49. The Morgan fingerprint density at radius 2 is 1.81 bits per heavy atom. The minimum atomic E-state index is -0.573. The number of amides is 3. The average molecular weight is 435 g/mol. The Kier molecular flexibility index (Phi) is 5.11. The van der Waals surface area contributed by atoms with E-state index in [0.29, 0.717) is 23.4 Å². The van der Waals surface area contributed by atoms with Crippen LogP contribution in [0.5, 0.6) is 0 Å². The summed E-state index contributed by atoms with van der Waals surface area (Å²) in [5.41, 5.74) is 2.88. The van der Waals surface area contributed by atoms with Crippen LogP contribution < -0.4 is 5.32 Å². The van der Waals surface area contributed by atoms with Crippen molar-refractivity contribution >= 4 is 39.9 Å². The van der Waals surface area contributed by atoms with Gasteiger partial charge in [0.15, 0.2) is 22.5 Å². The number of para-hydroxylation sites is 2. The molecule has 2 N–H and O–H groups in total. The third-order valence-corrected chi connectivity index (χ3v) is 6.31. The number of carbonyl (C=O) groups excluding carboxylic acids is 2. The number of aromatic amines is 1. The lowest BCUT2D eigenvalue weighted by molar-refractivity contribution is -0.127. The van der Waals surface area contributed by atoms with Crippen LogP contribution in [0.4, 0.5) is 4.79 Å². The molecule has 3 heterocycles. The molecule has 3 aromatic rings. The zero-order valence-electron chi connectivity index (χ0n) is 17.0. The van der Waals surface area contributed by atoms with Crippen molar-refractivity contribution in [1.29, 1.82) is 0 Å². The fraction of sp³-hybridized carbons (Fsp3) is 0.273. The minimum Gasteiger partial charge on any atom is -0.333 e. The van der Waals surface area contributed by atoms with Crippen LogP contribution in [0, 0.1) is 0 Å². The Hall–Kier alpha value is -3.33. The van der Waals surface area contributed by atoms with Crippen LogP contribution in [0.2, 0.25) is 0 Å². The molecule has 158 valence electrons. The van der Waals surface area contributed by atoms with E-state index in [1.165, 1.54) is 11.8 Å². The standard InChI is InChI=1S/C22H22N6O2S/c1-2-12-27-18-17(19(29)26-21(27)30)28(13-14-8-4-3-5-9-14)22(25-18)31-20-23-15-10-6-7-11-16(15)24-20/h3-11,17-18H,2,12-13H2,1H3,(H,23,24)(H,26,29,30). The van der Waals surface area contributed by atoms with Gasteiger partial charge in [-0.3, -0.25) is 15.0 Å². The van der Waals surface area contributed by atoms with Crippen molar-refractivity contribution < 1.29 is 9.59 Å². The number of hydrogen-bond acceptors (Lipinski definition) is 6. The second-order valence-electron chi connectivity index (χ2n) is 7.53. The van der Waals surface area contributed by atoms with Gasteiger partial charge in [-0.2, -0.15) is 0 Å². The number of aliphatic imine (C=N–C) groups is 1. The van der Waals surface area contributed by atoms with Crippen molar-refractivity contribution in [3.05, 3.63) is 60.2 Å². The van der Waals surface area contributed by atoms with Crippen molar-refractivity contribution in [2.24, 2.45) is 4.99 Å². The summed E-state index contributed by atoms with van der Waals surface area (Å²) >= 11 is 1.38. The number of amidine groups is 1. The number of hydrogen-bond donors (Lipinski definition) is 2. The van der Waals surface area contributed by atoms with Gasteiger partial charge in [0.1, 0.15) is 0 Å². The number of aromatic nitrogens is 2. The highest BCUT2D eigenvalue weighted by atomic mass is 32.2. The second kappa shape index (κ2) is 8.07. The molecule has 9 heteroatoms. The van der Waals surface area contributed by atoms with Crippen molar-refractivity contribution in [2.45, 2.75) is 37.3 Å². The largest absolute Gasteiger partial charge is 0.333 e. The summed E-state index contributed by atoms with van der Waals surface area (Å²) in [6.45, 7) is 3.05. The molecule has 0 spiro atoms. The predicted octanol–water partition coefficient (Wildman–Crippen LogP) is 3.18. The molecule has 31 heavy (non-hydrogen) atoms. The van der Waals surface area contributed by atoms with Crippen molar-refractivity contribution in [3.63, 3.8) is 0 Å². The number of urea groups is 1. The summed E-state index contributed by atoms with van der Waals surface area (Å²) in [4.78, 5) is 41.8. The van der Waals surface area contributed by atoms with Crippen LogP contribution >= 0.6 is 11.8 Å². The first-order valence-corrected chi connectivity index (χ1v) is 11.1. The van der Waals surface area contributed by atoms with E-state index in [-0.39, 0.29) is 11.9 Å². The summed E-state index contributed by atoms with van der Waals surface area (Å²) in [7, 11) is 0. The smallest absolute Gasteiger partial charge is 0.325 e. The topological polar surface area (TPSA) is 93.7 Å². The molecule has 2 aliphatic rings. The maximum Gasteiger partial charge on any atom is 0.325 e. The van der Waals surface area contributed by atoms with Gasteiger partial charge in [-0.05, 0) is 35.9 Å². The molecule has 8 nitrogen and oxygen atoms in total. The Balaban J connectivity index is 1.51. The van der Waals surface area contributed by atoms with Crippen molar-refractivity contribution in [1.82, 2.24) is 25.1 Å². The Labute approximate surface area is 183 Å². The number of imide groups is 1. The Morgan fingerprint density at radius 3 is 2.58 bits per heavy atom. The van der Waals surface area contributed by atoms with Crippen LogP contribution in [0.3, 0.4) is 0 Å². The zero-order valence-corrected chi connectivity index (χ0v) is 17.8. The first-order valence-electron chi connectivity index (χ1n) is 10.3. The lowest BCUT2D eigenvalue weighted by Gasteiger charge is -2.38. The molecule has 5 rings (SSSR count). The van der Waals surface area contributed by atoms with Crippen molar-refractivity contribution in [3.8, 4) is 0 Å². The average Bonchev–Trinajstić information content (AvgIpc) is 3.33. The molecule has 0 saturated carbocycles. The van der Waals surface area contributed by atoms with Crippen LogP contribution in [0.25, 0.3) is 11.0 Å². The molecule has 0 radical (unpaired) electrons. The summed E-state index contributed by atoms with van der Waals surface area (Å²) in [5.74, 6) is -0.317. The Bertz CT molecular complexity index is 1130. The molecule has 1 saturated heterocycles. The molecule has 3 amide bonds. The third-order valence-electron chi connectivity index (χ3n) is 5.40. The van der Waals surface area contributed by atoms with Crippen LogP contribution in [-0.2, 0) is 11.3 Å². The molecular formula is C22H22N6O2S. The van der Waals surface area contributed by atoms with Crippen LogP contribution in [0.15, 0.2) is 64.7 Å². The maximum absolute atomic E-state index is 12.9. The quantitative estimate of drug-likeness (QED) is 0.643. The molecule has 2 atom stereocenters. The maximum atomic E-state index is 12.9. The number of nitrogens with one attached hydrogen (secondary N) is 2. The van der Waals surface area contributed by atoms with Gasteiger partial charge < -0.3 is 9.88 Å². The molecule has 0 bridgehead atoms. The molecule has 2 aliphatic heterocycles. The summed E-state index contributed by atoms with van der Waals surface area (Å²) < 4.78 is 0. The fourth-order valence-corrected chi connectivity index (χ4v) is 4.93. The molecule has 1 aromatic heterocycles. The van der Waals surface area contributed by atoms with Crippen molar-refractivity contribution in [2.75, 3.05) is 6.54 Å². The molecule has 0 aliphatic carbocycles. The summed E-state index contributed by atoms with van der Waals surface area (Å²) in [6.07, 6.45) is 0.238. The van der Waals surface area contributed by atoms with E-state index in [2.05, 4.69) is 15.3 Å². The van der Waals surface area contributed by atoms with Crippen LogP contribution in [-0.4, -0.2) is 55.6 Å². The van der Waals surface area contributed by atoms with Gasteiger partial charge >= 0.3 is 6.03 Å². The Morgan fingerprint density at radius 1 is 1.03 bits per heavy atom. The molecule has 2 unspecified atom stereocenters. The monoisotopic (exact) mass is 434 g/mol. The highest BCUT2D eigenvalue weighted by molar-refractivity contribution is 8.13. The van der Waals surface area contributed by atoms with E-state index in [1.54, 1.807) is 4.90 Å². The number of nitrogens with zero attached hydrogens (tertiary/aromatic N) is 4. The number of rotatable bonds is 5. The van der Waals surface area contributed by atoms with Gasteiger partial charge in [0.05, 0.1) is 11.0 Å². The number of carbonyl (C=O) groups is 2. The number of fused-ring (bicyclic) bond motifs is 2. The van der Waals surface area contributed by atoms with Gasteiger partial charge in [-0.1, -0.05) is 49.4 Å². The fourth-order valence-electron chi connectivity index (χ4n) is 4.00. The van der Waals surface area contributed by atoms with E-state index in [9.17, 15) is 9.59 Å². The SMILES string of the molecule is CCCN1C(=O)NC(=O)C2C1N=C(Sc1nc3ccccc3[nH]1)N2Cc1ccccc1. The molecular weight excluding hydrogens is 412 g/mol. The number of thioether (sulfide) groups is 1. The number of benzene rings is 2. The minimum absolute atomic E-state index is 0.317. The van der Waals surface area contributed by atoms with E-state index in [0.717, 1.165) is 23.0 Å².